The number of pyridine rings is 1. The SMILES string of the molecule is CNCC(=O)NCCc1cn2c(C(=O)NCC34CC5CC(CC(C5)C3)C4)cccc2n1. The molecule has 166 valence electrons. The molecule has 2 heterocycles. The minimum Gasteiger partial charge on any atom is -0.355 e. The monoisotopic (exact) mass is 423 g/mol. The van der Waals surface area contributed by atoms with Crippen molar-refractivity contribution in [2.45, 2.75) is 44.9 Å². The minimum absolute atomic E-state index is 0.0207. The number of imidazole rings is 1. The highest BCUT2D eigenvalue weighted by Gasteiger charge is 2.50. The Labute approximate surface area is 183 Å². The van der Waals surface area contributed by atoms with Crippen LogP contribution in [0.4, 0.5) is 0 Å². The van der Waals surface area contributed by atoms with Gasteiger partial charge in [0.15, 0.2) is 0 Å². The highest BCUT2D eigenvalue weighted by molar-refractivity contribution is 5.93. The Morgan fingerprint density at radius 1 is 1.10 bits per heavy atom. The van der Waals surface area contributed by atoms with E-state index in [2.05, 4.69) is 20.9 Å². The molecule has 0 saturated heterocycles. The van der Waals surface area contributed by atoms with E-state index in [1.807, 2.05) is 28.8 Å². The van der Waals surface area contributed by atoms with Crippen LogP contribution in [0.2, 0.25) is 0 Å². The summed E-state index contributed by atoms with van der Waals surface area (Å²) < 4.78 is 1.87. The number of carbonyl (C=O) groups is 2. The number of fused-ring (bicyclic) bond motifs is 1. The number of nitrogens with zero attached hydrogens (tertiary/aromatic N) is 2. The highest BCUT2D eigenvalue weighted by Crippen LogP contribution is 2.59. The van der Waals surface area contributed by atoms with E-state index in [1.54, 1.807) is 7.05 Å². The summed E-state index contributed by atoms with van der Waals surface area (Å²) in [5, 5.41) is 8.98. The number of nitrogens with one attached hydrogen (secondary N) is 3. The fourth-order valence-corrected chi connectivity index (χ4v) is 6.78. The quantitative estimate of drug-likeness (QED) is 0.607. The van der Waals surface area contributed by atoms with Gasteiger partial charge in [-0.15, -0.1) is 0 Å². The maximum absolute atomic E-state index is 13.1. The van der Waals surface area contributed by atoms with Crippen molar-refractivity contribution in [3.05, 3.63) is 35.8 Å². The molecule has 6 rings (SSSR count). The molecule has 0 unspecified atom stereocenters. The van der Waals surface area contributed by atoms with Gasteiger partial charge in [0.1, 0.15) is 11.3 Å². The lowest BCUT2D eigenvalue weighted by Gasteiger charge is -2.56. The Hall–Kier alpha value is -2.41. The van der Waals surface area contributed by atoms with Gasteiger partial charge in [-0.05, 0) is 80.9 Å². The molecular weight excluding hydrogens is 390 g/mol. The van der Waals surface area contributed by atoms with Crippen molar-refractivity contribution in [3.63, 3.8) is 0 Å². The van der Waals surface area contributed by atoms with Gasteiger partial charge in [0.05, 0.1) is 12.2 Å². The van der Waals surface area contributed by atoms with Gasteiger partial charge in [0.2, 0.25) is 5.91 Å². The van der Waals surface area contributed by atoms with Crippen LogP contribution in [0, 0.1) is 23.2 Å². The maximum atomic E-state index is 13.1. The number of carbonyl (C=O) groups excluding carboxylic acids is 2. The molecule has 4 aliphatic rings. The first-order valence-corrected chi connectivity index (χ1v) is 11.7. The molecule has 0 spiro atoms. The van der Waals surface area contributed by atoms with E-state index < -0.39 is 0 Å². The molecule has 31 heavy (non-hydrogen) atoms. The molecule has 7 nitrogen and oxygen atoms in total. The van der Waals surface area contributed by atoms with Crippen LogP contribution in [-0.4, -0.2) is 47.9 Å². The lowest BCUT2D eigenvalue weighted by molar-refractivity contribution is -0.120. The van der Waals surface area contributed by atoms with Crippen molar-refractivity contribution in [1.29, 1.82) is 0 Å². The molecule has 4 bridgehead atoms. The lowest BCUT2D eigenvalue weighted by Crippen LogP contribution is -2.51. The Kier molecular flexibility index (Phi) is 5.46. The van der Waals surface area contributed by atoms with E-state index in [4.69, 9.17) is 0 Å². The fourth-order valence-electron chi connectivity index (χ4n) is 6.78. The third-order valence-corrected chi connectivity index (χ3v) is 7.60. The van der Waals surface area contributed by atoms with E-state index in [1.165, 1.54) is 38.5 Å². The Morgan fingerprint density at radius 2 is 1.81 bits per heavy atom. The smallest absolute Gasteiger partial charge is 0.268 e. The summed E-state index contributed by atoms with van der Waals surface area (Å²) in [6, 6.07) is 5.67. The van der Waals surface area contributed by atoms with Crippen LogP contribution in [0.3, 0.4) is 0 Å². The van der Waals surface area contributed by atoms with Crippen LogP contribution in [0.5, 0.6) is 0 Å². The summed E-state index contributed by atoms with van der Waals surface area (Å²) in [4.78, 5) is 29.3. The Bertz CT molecular complexity index is 946. The molecule has 3 N–H and O–H groups in total. The second kappa shape index (κ2) is 8.26. The second-order valence-electron chi connectivity index (χ2n) is 10.1. The van der Waals surface area contributed by atoms with Crippen molar-refractivity contribution in [2.24, 2.45) is 23.2 Å². The van der Waals surface area contributed by atoms with Crippen LogP contribution in [-0.2, 0) is 11.2 Å². The standard InChI is InChI=1S/C24H33N5O2/c1-25-13-22(30)26-6-5-19-14-29-20(3-2-4-21(29)28-19)23(31)27-15-24-10-16-7-17(11-24)9-18(8-16)12-24/h2-4,14,16-18,25H,5-13,15H2,1H3,(H,26,30)(H,27,31). The van der Waals surface area contributed by atoms with Crippen LogP contribution in [0.1, 0.15) is 54.7 Å². The molecule has 2 aromatic rings. The number of likely N-dealkylation sites (N-methyl/N-ethyl adjacent to an activating group) is 1. The van der Waals surface area contributed by atoms with E-state index in [9.17, 15) is 9.59 Å². The lowest BCUT2D eigenvalue weighted by atomic mass is 9.49. The van der Waals surface area contributed by atoms with Crippen molar-refractivity contribution < 1.29 is 9.59 Å². The van der Waals surface area contributed by atoms with E-state index in [0.29, 0.717) is 30.6 Å². The van der Waals surface area contributed by atoms with E-state index >= 15 is 0 Å². The molecule has 4 saturated carbocycles. The summed E-state index contributed by atoms with van der Waals surface area (Å²) in [6.07, 6.45) is 10.7. The highest BCUT2D eigenvalue weighted by atomic mass is 16.2. The predicted octanol–water partition coefficient (Wildman–Crippen LogP) is 2.16. The van der Waals surface area contributed by atoms with E-state index in [-0.39, 0.29) is 11.8 Å². The number of amides is 2. The third kappa shape index (κ3) is 4.20. The van der Waals surface area contributed by atoms with Crippen LogP contribution in [0.25, 0.3) is 5.65 Å². The van der Waals surface area contributed by atoms with Gasteiger partial charge in [-0.2, -0.15) is 0 Å². The average Bonchev–Trinajstić information content (AvgIpc) is 3.14. The Balaban J connectivity index is 1.24. The Morgan fingerprint density at radius 3 is 2.48 bits per heavy atom. The minimum atomic E-state index is -0.0315. The first kappa shape index (κ1) is 20.5. The molecule has 0 aliphatic heterocycles. The van der Waals surface area contributed by atoms with Gasteiger partial charge in [-0.3, -0.25) is 14.0 Å². The van der Waals surface area contributed by atoms with Crippen LogP contribution in [0.15, 0.2) is 24.4 Å². The molecule has 2 aromatic heterocycles. The zero-order valence-corrected chi connectivity index (χ0v) is 18.3. The number of rotatable bonds is 8. The summed E-state index contributed by atoms with van der Waals surface area (Å²) in [5.74, 6) is 2.60. The molecule has 4 fully saturated rings. The van der Waals surface area contributed by atoms with Crippen LogP contribution < -0.4 is 16.0 Å². The summed E-state index contributed by atoms with van der Waals surface area (Å²) in [6.45, 7) is 1.63. The zero-order valence-electron chi connectivity index (χ0n) is 18.3. The fraction of sp³-hybridized carbons (Fsp3) is 0.625. The third-order valence-electron chi connectivity index (χ3n) is 7.60. The molecular formula is C24H33N5O2. The first-order chi connectivity index (χ1) is 15.0. The topological polar surface area (TPSA) is 87.5 Å². The van der Waals surface area contributed by atoms with Gasteiger partial charge in [-0.1, -0.05) is 6.07 Å². The van der Waals surface area contributed by atoms with Gasteiger partial charge < -0.3 is 16.0 Å². The van der Waals surface area contributed by atoms with Crippen LogP contribution >= 0.6 is 0 Å². The maximum Gasteiger partial charge on any atom is 0.268 e. The average molecular weight is 424 g/mol. The predicted molar refractivity (Wildman–Crippen MR) is 119 cm³/mol. The van der Waals surface area contributed by atoms with Gasteiger partial charge >= 0.3 is 0 Å². The summed E-state index contributed by atoms with van der Waals surface area (Å²) >= 11 is 0. The zero-order chi connectivity index (χ0) is 21.4. The van der Waals surface area contributed by atoms with Crippen molar-refractivity contribution in [3.8, 4) is 0 Å². The van der Waals surface area contributed by atoms with Gasteiger partial charge in [0.25, 0.3) is 5.91 Å². The summed E-state index contributed by atoms with van der Waals surface area (Å²) in [5.41, 5.74) is 2.58. The molecule has 2 amide bonds. The van der Waals surface area contributed by atoms with Gasteiger partial charge in [-0.25, -0.2) is 4.98 Å². The first-order valence-electron chi connectivity index (χ1n) is 11.7. The normalized spacial score (nSPS) is 28.7. The number of aromatic nitrogens is 2. The molecule has 0 aromatic carbocycles. The number of hydrogen-bond acceptors (Lipinski definition) is 4. The molecule has 0 atom stereocenters. The van der Waals surface area contributed by atoms with Crippen molar-refractivity contribution in [1.82, 2.24) is 25.3 Å². The van der Waals surface area contributed by atoms with Gasteiger partial charge in [0, 0.05) is 25.7 Å². The van der Waals surface area contributed by atoms with E-state index in [0.717, 1.165) is 35.6 Å². The number of hydrogen-bond donors (Lipinski definition) is 3. The van der Waals surface area contributed by atoms with Crippen molar-refractivity contribution in [2.75, 3.05) is 26.7 Å². The molecule has 0 radical (unpaired) electrons. The summed E-state index contributed by atoms with van der Waals surface area (Å²) in [7, 11) is 1.75. The molecule has 7 heteroatoms. The molecule has 4 aliphatic carbocycles. The second-order valence-corrected chi connectivity index (χ2v) is 10.1. The largest absolute Gasteiger partial charge is 0.355 e. The van der Waals surface area contributed by atoms with Crippen molar-refractivity contribution >= 4 is 17.5 Å².